The van der Waals surface area contributed by atoms with Crippen molar-refractivity contribution in [2.45, 2.75) is 25.8 Å². The van der Waals surface area contributed by atoms with Crippen molar-refractivity contribution in [3.05, 3.63) is 28.2 Å². The van der Waals surface area contributed by atoms with Crippen LogP contribution in [0.3, 0.4) is 0 Å². The molecule has 1 aliphatic rings. The molecule has 0 saturated carbocycles. The molecule has 1 aromatic carbocycles. The van der Waals surface area contributed by atoms with Gasteiger partial charge in [-0.3, -0.25) is 14.5 Å². The van der Waals surface area contributed by atoms with Crippen LogP contribution >= 0.6 is 23.2 Å². The molecule has 8 heteroatoms. The number of piperidine rings is 1. The number of carbonyl (C=O) groups is 2. The zero-order valence-corrected chi connectivity index (χ0v) is 15.6. The lowest BCUT2D eigenvalue weighted by Gasteiger charge is -2.37. The lowest BCUT2D eigenvalue weighted by Crippen LogP contribution is -2.49. The van der Waals surface area contributed by atoms with Crippen LogP contribution in [0.5, 0.6) is 5.75 Å². The molecule has 0 spiro atoms. The Bertz CT molecular complexity index is 619. The van der Waals surface area contributed by atoms with E-state index in [-0.39, 0.29) is 25.1 Å². The molecule has 1 amide bonds. The summed E-state index contributed by atoms with van der Waals surface area (Å²) < 4.78 is 5.48. The van der Waals surface area contributed by atoms with Gasteiger partial charge in [-0.1, -0.05) is 30.1 Å². The number of carboxylic acids is 1. The van der Waals surface area contributed by atoms with Crippen LogP contribution in [0.25, 0.3) is 0 Å². The maximum absolute atomic E-state index is 12.3. The first-order valence-electron chi connectivity index (χ1n) is 8.22. The molecule has 1 aliphatic heterocycles. The third kappa shape index (κ3) is 5.76. The molecule has 1 heterocycles. The van der Waals surface area contributed by atoms with Gasteiger partial charge in [-0.05, 0) is 37.6 Å². The molecule has 0 aliphatic carbocycles. The zero-order chi connectivity index (χ0) is 18.4. The molecule has 25 heavy (non-hydrogen) atoms. The first kappa shape index (κ1) is 19.8. The van der Waals surface area contributed by atoms with E-state index in [0.29, 0.717) is 35.4 Å². The van der Waals surface area contributed by atoms with Gasteiger partial charge in [0.2, 0.25) is 0 Å². The van der Waals surface area contributed by atoms with Crippen LogP contribution in [0, 0.1) is 0 Å². The molecule has 6 nitrogen and oxygen atoms in total. The summed E-state index contributed by atoms with van der Waals surface area (Å²) in [5, 5.41) is 9.84. The normalized spacial score (nSPS) is 15.4. The number of carboxylic acid groups (broad SMARTS) is 1. The Morgan fingerprint density at radius 2 is 2.00 bits per heavy atom. The molecule has 0 unspecified atom stereocenters. The van der Waals surface area contributed by atoms with Crippen molar-refractivity contribution < 1.29 is 19.4 Å². The second-order valence-corrected chi connectivity index (χ2v) is 6.78. The highest BCUT2D eigenvalue weighted by Gasteiger charge is 2.27. The van der Waals surface area contributed by atoms with E-state index >= 15 is 0 Å². The van der Waals surface area contributed by atoms with E-state index in [0.717, 1.165) is 12.8 Å². The summed E-state index contributed by atoms with van der Waals surface area (Å²) in [6.45, 7) is 3.77. The average Bonchev–Trinajstić information content (AvgIpc) is 2.58. The van der Waals surface area contributed by atoms with Crippen molar-refractivity contribution in [2.75, 3.05) is 32.8 Å². The molecule has 1 fully saturated rings. The van der Waals surface area contributed by atoms with Crippen LogP contribution in [-0.2, 0) is 9.59 Å². The van der Waals surface area contributed by atoms with E-state index in [2.05, 4.69) is 0 Å². The van der Waals surface area contributed by atoms with Crippen molar-refractivity contribution in [3.63, 3.8) is 0 Å². The van der Waals surface area contributed by atoms with E-state index < -0.39 is 5.97 Å². The van der Waals surface area contributed by atoms with Crippen LogP contribution in [-0.4, -0.2) is 65.6 Å². The highest BCUT2D eigenvalue weighted by Crippen LogP contribution is 2.27. The van der Waals surface area contributed by atoms with E-state index in [1.54, 1.807) is 23.1 Å². The van der Waals surface area contributed by atoms with Crippen LogP contribution in [0.1, 0.15) is 19.8 Å². The number of carbonyl (C=O) groups excluding carboxylic acids is 1. The Morgan fingerprint density at radius 3 is 2.56 bits per heavy atom. The van der Waals surface area contributed by atoms with Gasteiger partial charge in [0.1, 0.15) is 5.75 Å². The third-order valence-corrected chi connectivity index (χ3v) is 4.85. The summed E-state index contributed by atoms with van der Waals surface area (Å²) in [6.07, 6.45) is 1.52. The van der Waals surface area contributed by atoms with Crippen LogP contribution < -0.4 is 4.74 Å². The van der Waals surface area contributed by atoms with Gasteiger partial charge in [-0.25, -0.2) is 0 Å². The predicted molar refractivity (Wildman–Crippen MR) is 96.4 cm³/mol. The molecule has 1 saturated heterocycles. The van der Waals surface area contributed by atoms with Crippen LogP contribution in [0.2, 0.25) is 10.0 Å². The number of benzene rings is 1. The molecule has 1 N–H and O–H groups in total. The minimum absolute atomic E-state index is 0.0350. The largest absolute Gasteiger partial charge is 0.482 e. The summed E-state index contributed by atoms with van der Waals surface area (Å²) in [6, 6.07) is 5.04. The van der Waals surface area contributed by atoms with Crippen molar-refractivity contribution >= 4 is 35.1 Å². The molecule has 0 radical (unpaired) electrons. The summed E-state index contributed by atoms with van der Waals surface area (Å²) in [5.41, 5.74) is 0. The number of rotatable bonds is 7. The fraction of sp³-hybridized carbons (Fsp3) is 0.529. The second kappa shape index (κ2) is 9.27. The zero-order valence-electron chi connectivity index (χ0n) is 14.1. The lowest BCUT2D eigenvalue weighted by atomic mass is 10.0. The minimum atomic E-state index is -0.825. The summed E-state index contributed by atoms with van der Waals surface area (Å²) in [5.74, 6) is -0.507. The summed E-state index contributed by atoms with van der Waals surface area (Å²) in [7, 11) is 0. The van der Waals surface area contributed by atoms with Crippen molar-refractivity contribution in [2.24, 2.45) is 0 Å². The smallest absolute Gasteiger partial charge is 0.317 e. The monoisotopic (exact) mass is 388 g/mol. The number of halogens is 2. The molecule has 138 valence electrons. The number of likely N-dealkylation sites (N-methyl/N-ethyl adjacent to an activating group) is 1. The van der Waals surface area contributed by atoms with E-state index in [9.17, 15) is 9.59 Å². The first-order chi connectivity index (χ1) is 11.9. The van der Waals surface area contributed by atoms with Gasteiger partial charge in [0.05, 0.1) is 11.6 Å². The first-order valence-corrected chi connectivity index (χ1v) is 8.97. The number of hydrogen-bond donors (Lipinski definition) is 1. The highest BCUT2D eigenvalue weighted by molar-refractivity contribution is 6.35. The van der Waals surface area contributed by atoms with Crippen LogP contribution in [0.15, 0.2) is 18.2 Å². The summed E-state index contributed by atoms with van der Waals surface area (Å²) >= 11 is 11.9. The van der Waals surface area contributed by atoms with Crippen LogP contribution in [0.4, 0.5) is 0 Å². The molecular formula is C17H22Cl2N2O4. The third-order valence-electron chi connectivity index (χ3n) is 4.32. The van der Waals surface area contributed by atoms with E-state index in [1.807, 2.05) is 11.8 Å². The van der Waals surface area contributed by atoms with Gasteiger partial charge >= 0.3 is 5.97 Å². The standard InChI is InChI=1S/C17H22Cl2N2O4/c1-2-20(10-17(23)24)13-5-7-21(8-6-13)16(22)11-25-15-4-3-12(18)9-14(15)19/h3-4,9,13H,2,5-8,10-11H2,1H3,(H,23,24). The Balaban J connectivity index is 1.81. The summed E-state index contributed by atoms with van der Waals surface area (Å²) in [4.78, 5) is 26.9. The second-order valence-electron chi connectivity index (χ2n) is 5.93. The Kier molecular flexibility index (Phi) is 7.35. The number of hydrogen-bond acceptors (Lipinski definition) is 4. The number of likely N-dealkylation sites (tertiary alicyclic amines) is 1. The van der Waals surface area contributed by atoms with Gasteiger partial charge in [-0.2, -0.15) is 0 Å². The van der Waals surface area contributed by atoms with E-state index in [1.165, 1.54) is 0 Å². The molecule has 1 aromatic rings. The molecular weight excluding hydrogens is 367 g/mol. The number of ether oxygens (including phenoxy) is 1. The highest BCUT2D eigenvalue weighted by atomic mass is 35.5. The van der Waals surface area contributed by atoms with Crippen molar-refractivity contribution in [3.8, 4) is 5.75 Å². The fourth-order valence-corrected chi connectivity index (χ4v) is 3.44. The number of amides is 1. The van der Waals surface area contributed by atoms with E-state index in [4.69, 9.17) is 33.0 Å². The van der Waals surface area contributed by atoms with Crippen molar-refractivity contribution in [1.82, 2.24) is 9.80 Å². The maximum atomic E-state index is 12.3. The van der Waals surface area contributed by atoms with Gasteiger partial charge in [0.25, 0.3) is 5.91 Å². The topological polar surface area (TPSA) is 70.1 Å². The Hall–Kier alpha value is -1.50. The molecule has 2 rings (SSSR count). The Labute approximate surface area is 157 Å². The Morgan fingerprint density at radius 1 is 1.32 bits per heavy atom. The molecule has 0 aromatic heterocycles. The SMILES string of the molecule is CCN(CC(=O)O)C1CCN(C(=O)COc2ccc(Cl)cc2Cl)CC1. The molecule has 0 bridgehead atoms. The lowest BCUT2D eigenvalue weighted by molar-refractivity contribution is -0.140. The maximum Gasteiger partial charge on any atom is 0.317 e. The van der Waals surface area contributed by atoms with Gasteiger partial charge < -0.3 is 14.7 Å². The predicted octanol–water partition coefficient (Wildman–Crippen LogP) is 2.77. The fourth-order valence-electron chi connectivity index (χ4n) is 2.98. The number of nitrogens with zero attached hydrogens (tertiary/aromatic N) is 2. The quantitative estimate of drug-likeness (QED) is 0.777. The molecule has 0 atom stereocenters. The van der Waals surface area contributed by atoms with Gasteiger partial charge in [0.15, 0.2) is 6.61 Å². The minimum Gasteiger partial charge on any atom is -0.482 e. The van der Waals surface area contributed by atoms with Gasteiger partial charge in [0, 0.05) is 24.2 Å². The average molecular weight is 389 g/mol. The van der Waals surface area contributed by atoms with Crippen molar-refractivity contribution in [1.29, 1.82) is 0 Å². The number of aliphatic carboxylic acids is 1. The van der Waals surface area contributed by atoms with Gasteiger partial charge in [-0.15, -0.1) is 0 Å².